The number of aromatic hydroxyl groups is 1. The van der Waals surface area contributed by atoms with Crippen LogP contribution in [-0.4, -0.2) is 52.5 Å². The van der Waals surface area contributed by atoms with E-state index in [4.69, 9.17) is 0 Å². The van der Waals surface area contributed by atoms with Gasteiger partial charge in [0.2, 0.25) is 5.78 Å². The van der Waals surface area contributed by atoms with Crippen molar-refractivity contribution in [3.63, 3.8) is 0 Å². The van der Waals surface area contributed by atoms with E-state index in [2.05, 4.69) is 10.6 Å². The van der Waals surface area contributed by atoms with Crippen LogP contribution in [0.5, 0.6) is 5.75 Å². The van der Waals surface area contributed by atoms with Gasteiger partial charge in [-0.1, -0.05) is 6.07 Å². The van der Waals surface area contributed by atoms with E-state index in [-0.39, 0.29) is 34.6 Å². The van der Waals surface area contributed by atoms with Crippen LogP contribution in [-0.2, 0) is 4.79 Å². The molecule has 130 valence electrons. The largest absolute Gasteiger partial charge is 0.505 e. The van der Waals surface area contributed by atoms with Gasteiger partial charge in [-0.05, 0) is 32.9 Å². The van der Waals surface area contributed by atoms with Crippen molar-refractivity contribution in [2.75, 3.05) is 19.4 Å². The van der Waals surface area contributed by atoms with Crippen molar-refractivity contribution < 1.29 is 19.8 Å². The predicted octanol–water partition coefficient (Wildman–Crippen LogP) is 1.05. The minimum atomic E-state index is -1.58. The molecule has 0 spiro atoms. The van der Waals surface area contributed by atoms with Gasteiger partial charge in [-0.2, -0.15) is 0 Å². The van der Waals surface area contributed by atoms with Gasteiger partial charge in [0, 0.05) is 20.1 Å². The summed E-state index contributed by atoms with van der Waals surface area (Å²) in [6.07, 6.45) is 0. The Morgan fingerprint density at radius 3 is 2.46 bits per heavy atom. The molecule has 1 unspecified atom stereocenters. The number of carbonyl (C=O) groups is 2. The number of rotatable bonds is 5. The first kappa shape index (κ1) is 17.8. The third-order valence-corrected chi connectivity index (χ3v) is 3.77. The van der Waals surface area contributed by atoms with Crippen molar-refractivity contribution in [2.24, 2.45) is 0 Å². The summed E-state index contributed by atoms with van der Waals surface area (Å²) in [6, 6.07) is 4.69. The van der Waals surface area contributed by atoms with Crippen LogP contribution in [0.25, 0.3) is 0 Å². The molecule has 0 radical (unpaired) electrons. The fourth-order valence-electron chi connectivity index (χ4n) is 2.46. The Morgan fingerprint density at radius 2 is 1.92 bits per heavy atom. The SMILES string of the molecule is CC(C)NC1=C(Nc2cccc(C(=O)N(C)C)c2O)C(=O)C1(C)O. The standard InChI is InChI=1S/C17H23N3O4/c1-9(2)18-14-12(15(22)17(14,3)24)19-11-8-6-7-10(13(11)21)16(23)20(4)5/h6-9,18-19,21,24H,1-5H3. The minimum absolute atomic E-state index is 0.0200. The predicted molar refractivity (Wildman–Crippen MR) is 90.7 cm³/mol. The molecule has 0 heterocycles. The van der Waals surface area contributed by atoms with E-state index in [1.165, 1.54) is 17.9 Å². The second-order valence-corrected chi connectivity index (χ2v) is 6.48. The number of phenols is 1. The molecule has 1 aliphatic rings. The zero-order chi connectivity index (χ0) is 18.2. The molecular formula is C17H23N3O4. The number of phenolic OH excluding ortho intramolecular Hbond substituents is 1. The van der Waals surface area contributed by atoms with Crippen molar-refractivity contribution in [3.05, 3.63) is 35.2 Å². The van der Waals surface area contributed by atoms with Crippen molar-refractivity contribution in [3.8, 4) is 5.75 Å². The third kappa shape index (κ3) is 2.94. The molecule has 0 aliphatic heterocycles. The highest BCUT2D eigenvalue weighted by molar-refractivity contribution is 6.14. The van der Waals surface area contributed by atoms with Gasteiger partial charge >= 0.3 is 0 Å². The second-order valence-electron chi connectivity index (χ2n) is 6.48. The van der Waals surface area contributed by atoms with Crippen molar-refractivity contribution >= 4 is 17.4 Å². The first-order chi connectivity index (χ1) is 11.1. The lowest BCUT2D eigenvalue weighted by Crippen LogP contribution is -2.56. The molecule has 1 aliphatic carbocycles. The fourth-order valence-corrected chi connectivity index (χ4v) is 2.46. The molecule has 1 aromatic rings. The molecule has 24 heavy (non-hydrogen) atoms. The van der Waals surface area contributed by atoms with Crippen LogP contribution in [0.2, 0.25) is 0 Å². The Hall–Kier alpha value is -2.54. The molecule has 1 aromatic carbocycles. The van der Waals surface area contributed by atoms with E-state index < -0.39 is 11.4 Å². The van der Waals surface area contributed by atoms with Crippen LogP contribution in [0.4, 0.5) is 5.69 Å². The summed E-state index contributed by atoms with van der Waals surface area (Å²) < 4.78 is 0. The van der Waals surface area contributed by atoms with Crippen LogP contribution in [0.1, 0.15) is 31.1 Å². The van der Waals surface area contributed by atoms with Gasteiger partial charge in [0.25, 0.3) is 5.91 Å². The van der Waals surface area contributed by atoms with Crippen molar-refractivity contribution in [1.29, 1.82) is 0 Å². The molecule has 1 amide bonds. The number of amides is 1. The summed E-state index contributed by atoms with van der Waals surface area (Å²) in [4.78, 5) is 25.6. The molecule has 0 aromatic heterocycles. The number of benzene rings is 1. The normalized spacial score (nSPS) is 20.0. The van der Waals surface area contributed by atoms with Crippen LogP contribution in [0, 0.1) is 0 Å². The van der Waals surface area contributed by atoms with Crippen molar-refractivity contribution in [2.45, 2.75) is 32.4 Å². The lowest BCUT2D eigenvalue weighted by Gasteiger charge is -2.39. The first-order valence-electron chi connectivity index (χ1n) is 7.66. The zero-order valence-corrected chi connectivity index (χ0v) is 14.5. The summed E-state index contributed by atoms with van der Waals surface area (Å²) in [6.45, 7) is 5.19. The minimum Gasteiger partial charge on any atom is -0.505 e. The number of Topliss-reactive ketones (excluding diaryl/α,β-unsaturated/α-hetero) is 1. The van der Waals surface area contributed by atoms with E-state index in [0.717, 1.165) is 0 Å². The van der Waals surface area contributed by atoms with Crippen molar-refractivity contribution in [1.82, 2.24) is 10.2 Å². The summed E-state index contributed by atoms with van der Waals surface area (Å²) in [5.41, 5.74) is -0.684. The highest BCUT2D eigenvalue weighted by Gasteiger charge is 2.49. The summed E-state index contributed by atoms with van der Waals surface area (Å²) in [7, 11) is 3.17. The maximum absolute atomic E-state index is 12.2. The maximum Gasteiger partial charge on any atom is 0.257 e. The molecule has 7 nitrogen and oxygen atoms in total. The molecule has 0 fully saturated rings. The molecule has 0 saturated carbocycles. The van der Waals surface area contributed by atoms with E-state index in [0.29, 0.717) is 5.70 Å². The van der Waals surface area contributed by atoms with E-state index in [9.17, 15) is 19.8 Å². The second kappa shape index (κ2) is 6.16. The fraction of sp³-hybridized carbons (Fsp3) is 0.412. The lowest BCUT2D eigenvalue weighted by molar-refractivity contribution is -0.132. The van der Waals surface area contributed by atoms with Crippen LogP contribution < -0.4 is 10.6 Å². The Kier molecular flexibility index (Phi) is 4.57. The van der Waals surface area contributed by atoms with Gasteiger partial charge in [-0.15, -0.1) is 0 Å². The number of nitrogens with one attached hydrogen (secondary N) is 2. The van der Waals surface area contributed by atoms with E-state index in [1.807, 2.05) is 13.8 Å². The number of nitrogens with zero attached hydrogens (tertiary/aromatic N) is 1. The van der Waals surface area contributed by atoms with Gasteiger partial charge in [0.15, 0.2) is 11.4 Å². The smallest absolute Gasteiger partial charge is 0.257 e. The average Bonchev–Trinajstić information content (AvgIpc) is 2.50. The van der Waals surface area contributed by atoms with Crippen LogP contribution in [0.3, 0.4) is 0 Å². The van der Waals surface area contributed by atoms with Gasteiger partial charge in [0.1, 0.15) is 5.70 Å². The summed E-state index contributed by atoms with van der Waals surface area (Å²) in [5.74, 6) is -1.07. The lowest BCUT2D eigenvalue weighted by atomic mass is 9.81. The topological polar surface area (TPSA) is 102 Å². The quantitative estimate of drug-likeness (QED) is 0.601. The number of aliphatic hydroxyl groups is 1. The molecule has 7 heteroatoms. The zero-order valence-electron chi connectivity index (χ0n) is 14.5. The highest BCUT2D eigenvalue weighted by Crippen LogP contribution is 2.37. The Labute approximate surface area is 141 Å². The van der Waals surface area contributed by atoms with Gasteiger partial charge in [0.05, 0.1) is 16.9 Å². The third-order valence-electron chi connectivity index (χ3n) is 3.77. The van der Waals surface area contributed by atoms with Gasteiger partial charge in [-0.25, -0.2) is 0 Å². The Balaban J connectivity index is 2.39. The highest BCUT2D eigenvalue weighted by atomic mass is 16.3. The Bertz CT molecular complexity index is 721. The number of anilines is 1. The van der Waals surface area contributed by atoms with Gasteiger partial charge < -0.3 is 25.7 Å². The first-order valence-corrected chi connectivity index (χ1v) is 7.66. The molecule has 1 atom stereocenters. The van der Waals surface area contributed by atoms with Crippen LogP contribution in [0.15, 0.2) is 29.6 Å². The summed E-state index contributed by atoms with van der Waals surface area (Å²) in [5, 5.41) is 26.4. The maximum atomic E-state index is 12.2. The average molecular weight is 333 g/mol. The number of hydrogen-bond acceptors (Lipinski definition) is 6. The molecule has 0 bridgehead atoms. The molecule has 2 rings (SSSR count). The molecular weight excluding hydrogens is 310 g/mol. The number of para-hydroxylation sites is 1. The van der Waals surface area contributed by atoms with Crippen LogP contribution >= 0.6 is 0 Å². The van der Waals surface area contributed by atoms with E-state index in [1.54, 1.807) is 26.2 Å². The number of carbonyl (C=O) groups excluding carboxylic acids is 2. The summed E-state index contributed by atoms with van der Waals surface area (Å²) >= 11 is 0. The Morgan fingerprint density at radius 1 is 1.29 bits per heavy atom. The van der Waals surface area contributed by atoms with Gasteiger partial charge in [-0.3, -0.25) is 9.59 Å². The number of hydrogen-bond donors (Lipinski definition) is 4. The number of ketones is 1. The monoisotopic (exact) mass is 333 g/mol. The van der Waals surface area contributed by atoms with E-state index >= 15 is 0 Å². The molecule has 4 N–H and O–H groups in total. The molecule has 0 saturated heterocycles.